The molecule has 0 radical (unpaired) electrons. The second-order valence-corrected chi connectivity index (χ2v) is 7.02. The van der Waals surface area contributed by atoms with E-state index in [4.69, 9.17) is 11.5 Å². The molecular formula is C19H21FN2O2S. The zero-order chi connectivity index (χ0) is 18.6. The highest BCUT2D eigenvalue weighted by Gasteiger charge is 2.24. The number of thioether (sulfide) groups is 1. The maximum atomic E-state index is 13.1. The molecule has 0 fully saturated rings. The Bertz CT molecular complexity index is 791. The van der Waals surface area contributed by atoms with Gasteiger partial charge in [-0.2, -0.15) is 0 Å². The number of primary amides is 1. The normalized spacial score (nSPS) is 12.0. The molecule has 2 rings (SSSR count). The van der Waals surface area contributed by atoms with Gasteiger partial charge in [0.1, 0.15) is 11.1 Å². The summed E-state index contributed by atoms with van der Waals surface area (Å²) in [6.07, 6.45) is 0.890. The highest BCUT2D eigenvalue weighted by Crippen LogP contribution is 2.36. The van der Waals surface area contributed by atoms with Gasteiger partial charge in [0.15, 0.2) is 5.78 Å². The van der Waals surface area contributed by atoms with E-state index < -0.39 is 17.0 Å². The van der Waals surface area contributed by atoms with Crippen molar-refractivity contribution in [3.63, 3.8) is 0 Å². The molecule has 0 aliphatic heterocycles. The van der Waals surface area contributed by atoms with E-state index in [0.29, 0.717) is 16.7 Å². The van der Waals surface area contributed by atoms with Gasteiger partial charge in [-0.25, -0.2) is 4.39 Å². The lowest BCUT2D eigenvalue weighted by atomic mass is 9.95. The number of carbonyl (C=O) groups is 2. The second kappa shape index (κ2) is 8.16. The molecule has 6 heteroatoms. The van der Waals surface area contributed by atoms with Crippen LogP contribution in [-0.4, -0.2) is 17.4 Å². The molecule has 1 atom stereocenters. The average molecular weight is 360 g/mol. The Hall–Kier alpha value is -2.34. The lowest BCUT2D eigenvalue weighted by molar-refractivity contribution is -0.117. The zero-order valence-electron chi connectivity index (χ0n) is 14.2. The molecule has 1 amide bonds. The largest absolute Gasteiger partial charge is 0.398 e. The van der Waals surface area contributed by atoms with Crippen LogP contribution in [0.2, 0.25) is 0 Å². The fourth-order valence-electron chi connectivity index (χ4n) is 2.55. The summed E-state index contributed by atoms with van der Waals surface area (Å²) in [5.74, 6) is -0.469. The summed E-state index contributed by atoms with van der Waals surface area (Å²) in [6, 6.07) is 8.74. The third-order valence-electron chi connectivity index (χ3n) is 3.74. The molecule has 4 N–H and O–H groups in total. The zero-order valence-corrected chi connectivity index (χ0v) is 15.0. The molecule has 0 aliphatic carbocycles. The van der Waals surface area contributed by atoms with Crippen LogP contribution in [0, 0.1) is 12.7 Å². The first-order chi connectivity index (χ1) is 11.8. The molecule has 0 saturated heterocycles. The molecule has 4 nitrogen and oxygen atoms in total. The molecule has 0 spiro atoms. The molecular weight excluding hydrogens is 339 g/mol. The molecule has 0 aliphatic rings. The molecule has 1 unspecified atom stereocenters. The summed E-state index contributed by atoms with van der Waals surface area (Å²) in [7, 11) is 0. The number of ketones is 1. The molecule has 0 saturated carbocycles. The summed E-state index contributed by atoms with van der Waals surface area (Å²) in [6.45, 7) is 3.83. The van der Waals surface area contributed by atoms with E-state index in [9.17, 15) is 14.0 Å². The SMILES string of the molecule is CCCSC(C(N)=O)c1cc(C)cc(C(=O)c2ccc(F)cc2)c1N. The molecule has 2 aromatic carbocycles. The maximum absolute atomic E-state index is 13.1. The predicted molar refractivity (Wildman–Crippen MR) is 100 cm³/mol. The van der Waals surface area contributed by atoms with E-state index >= 15 is 0 Å². The predicted octanol–water partition coefficient (Wildman–Crippen LogP) is 3.62. The molecule has 132 valence electrons. The van der Waals surface area contributed by atoms with Crippen LogP contribution < -0.4 is 11.5 Å². The standard InChI is InChI=1S/C19H21FN2O2S/c1-3-8-25-18(19(22)24)15-10-11(2)9-14(16(15)21)17(23)12-4-6-13(20)7-5-12/h4-7,9-10,18H,3,8,21H2,1-2H3,(H2,22,24). The van der Waals surface area contributed by atoms with Gasteiger partial charge in [-0.15, -0.1) is 11.8 Å². The van der Waals surface area contributed by atoms with Gasteiger partial charge in [0.25, 0.3) is 0 Å². The van der Waals surface area contributed by atoms with Gasteiger partial charge in [-0.1, -0.05) is 13.0 Å². The van der Waals surface area contributed by atoms with Crippen molar-refractivity contribution in [1.29, 1.82) is 0 Å². The van der Waals surface area contributed by atoms with Crippen LogP contribution in [0.4, 0.5) is 10.1 Å². The minimum Gasteiger partial charge on any atom is -0.398 e. The fraction of sp³-hybridized carbons (Fsp3) is 0.263. The van der Waals surface area contributed by atoms with Crippen LogP contribution in [0.1, 0.15) is 45.6 Å². The van der Waals surface area contributed by atoms with Gasteiger partial charge in [-0.3, -0.25) is 9.59 Å². The summed E-state index contributed by atoms with van der Waals surface area (Å²) in [5, 5.41) is -0.611. The Morgan fingerprint density at radius 3 is 2.40 bits per heavy atom. The number of carbonyl (C=O) groups excluding carboxylic acids is 2. The second-order valence-electron chi connectivity index (χ2n) is 5.80. The Labute approximate surface area is 150 Å². The number of aryl methyl sites for hydroxylation is 1. The lowest BCUT2D eigenvalue weighted by Gasteiger charge is -2.18. The number of amides is 1. The van der Waals surface area contributed by atoms with Gasteiger partial charge in [-0.05, 0) is 60.6 Å². The molecule has 0 aromatic heterocycles. The molecule has 0 bridgehead atoms. The average Bonchev–Trinajstić information content (AvgIpc) is 2.57. The van der Waals surface area contributed by atoms with E-state index in [1.165, 1.54) is 36.0 Å². The van der Waals surface area contributed by atoms with Crippen molar-refractivity contribution in [2.75, 3.05) is 11.5 Å². The topological polar surface area (TPSA) is 86.2 Å². The van der Waals surface area contributed by atoms with Gasteiger partial charge in [0.2, 0.25) is 5.91 Å². The Balaban J connectivity index is 2.49. The highest BCUT2D eigenvalue weighted by molar-refractivity contribution is 8.00. The van der Waals surface area contributed by atoms with E-state index in [1.807, 2.05) is 13.8 Å². The van der Waals surface area contributed by atoms with E-state index in [-0.39, 0.29) is 11.5 Å². The summed E-state index contributed by atoms with van der Waals surface area (Å²) in [5.41, 5.74) is 14.0. The van der Waals surface area contributed by atoms with Crippen LogP contribution in [0.5, 0.6) is 0 Å². The number of rotatable bonds is 7. The third-order valence-corrected chi connectivity index (χ3v) is 5.20. The molecule has 2 aromatic rings. The van der Waals surface area contributed by atoms with Crippen LogP contribution >= 0.6 is 11.8 Å². The van der Waals surface area contributed by atoms with Crippen molar-refractivity contribution in [3.8, 4) is 0 Å². The number of hydrogen-bond acceptors (Lipinski definition) is 4. The first kappa shape index (κ1) is 19.0. The minimum absolute atomic E-state index is 0.243. The van der Waals surface area contributed by atoms with E-state index in [1.54, 1.807) is 12.1 Å². The Kier molecular flexibility index (Phi) is 6.20. The molecule has 0 heterocycles. The lowest BCUT2D eigenvalue weighted by Crippen LogP contribution is -2.21. The smallest absolute Gasteiger partial charge is 0.235 e. The number of hydrogen-bond donors (Lipinski definition) is 2. The number of benzene rings is 2. The van der Waals surface area contributed by atoms with Gasteiger partial charge in [0, 0.05) is 16.8 Å². The van der Waals surface area contributed by atoms with Gasteiger partial charge in [0.05, 0.1) is 0 Å². The van der Waals surface area contributed by atoms with E-state index in [0.717, 1.165) is 17.7 Å². The van der Waals surface area contributed by atoms with Crippen molar-refractivity contribution in [2.24, 2.45) is 5.73 Å². The Morgan fingerprint density at radius 1 is 1.20 bits per heavy atom. The summed E-state index contributed by atoms with van der Waals surface area (Å²) < 4.78 is 13.1. The van der Waals surface area contributed by atoms with Crippen molar-refractivity contribution >= 4 is 29.1 Å². The summed E-state index contributed by atoms with van der Waals surface area (Å²) >= 11 is 1.41. The van der Waals surface area contributed by atoms with Gasteiger partial charge >= 0.3 is 0 Å². The fourth-order valence-corrected chi connectivity index (χ4v) is 3.56. The third kappa shape index (κ3) is 4.39. The van der Waals surface area contributed by atoms with Crippen LogP contribution in [-0.2, 0) is 4.79 Å². The number of nitrogen functional groups attached to an aromatic ring is 1. The quantitative estimate of drug-likeness (QED) is 0.583. The highest BCUT2D eigenvalue weighted by atomic mass is 32.2. The summed E-state index contributed by atoms with van der Waals surface area (Å²) in [4.78, 5) is 24.6. The van der Waals surface area contributed by atoms with Crippen molar-refractivity contribution < 1.29 is 14.0 Å². The van der Waals surface area contributed by atoms with Gasteiger partial charge < -0.3 is 11.5 Å². The maximum Gasteiger partial charge on any atom is 0.235 e. The monoisotopic (exact) mass is 360 g/mol. The first-order valence-electron chi connectivity index (χ1n) is 7.96. The van der Waals surface area contributed by atoms with Crippen molar-refractivity contribution in [2.45, 2.75) is 25.5 Å². The number of nitrogens with two attached hydrogens (primary N) is 2. The minimum atomic E-state index is -0.611. The van der Waals surface area contributed by atoms with Crippen LogP contribution in [0.3, 0.4) is 0 Å². The number of halogens is 1. The molecule has 25 heavy (non-hydrogen) atoms. The van der Waals surface area contributed by atoms with Crippen molar-refractivity contribution in [1.82, 2.24) is 0 Å². The van der Waals surface area contributed by atoms with Crippen LogP contribution in [0.15, 0.2) is 36.4 Å². The first-order valence-corrected chi connectivity index (χ1v) is 9.01. The number of anilines is 1. The Morgan fingerprint density at radius 2 is 1.84 bits per heavy atom. The van der Waals surface area contributed by atoms with E-state index in [2.05, 4.69) is 0 Å². The van der Waals surface area contributed by atoms with Crippen LogP contribution in [0.25, 0.3) is 0 Å². The van der Waals surface area contributed by atoms with Crippen molar-refractivity contribution in [3.05, 3.63) is 64.5 Å².